The Labute approximate surface area is 129 Å². The lowest BCUT2D eigenvalue weighted by Gasteiger charge is -2.38. The Morgan fingerprint density at radius 1 is 1.18 bits per heavy atom. The lowest BCUT2D eigenvalue weighted by molar-refractivity contribution is -0.128. The molecule has 6 heteroatoms. The van der Waals surface area contributed by atoms with E-state index < -0.39 is 6.10 Å². The fourth-order valence-electron chi connectivity index (χ4n) is 3.23. The Balaban J connectivity index is 1.68. The second-order valence-corrected chi connectivity index (χ2v) is 6.10. The maximum atomic E-state index is 13.4. The molecule has 1 aromatic carbocycles. The van der Waals surface area contributed by atoms with E-state index in [9.17, 15) is 14.3 Å². The number of aliphatic hydroxyl groups is 1. The topological polar surface area (TPSA) is 47.0 Å². The molecule has 0 bridgehead atoms. The first-order valence-corrected chi connectivity index (χ1v) is 7.76. The minimum absolute atomic E-state index is 0.125. The highest BCUT2D eigenvalue weighted by molar-refractivity contribution is 5.78. The zero-order valence-electron chi connectivity index (χ0n) is 12.8. The number of carbonyl (C=O) groups is 1. The van der Waals surface area contributed by atoms with Crippen molar-refractivity contribution in [2.75, 3.05) is 49.6 Å². The summed E-state index contributed by atoms with van der Waals surface area (Å²) in [5.74, 6) is -0.129. The predicted molar refractivity (Wildman–Crippen MR) is 83.7 cm³/mol. The number of rotatable bonds is 4. The number of carbonyl (C=O) groups excluding carboxylic acids is 1. The smallest absolute Gasteiger partial charge is 0.222 e. The van der Waals surface area contributed by atoms with Crippen LogP contribution >= 0.6 is 0 Å². The van der Waals surface area contributed by atoms with Crippen LogP contribution in [0.1, 0.15) is 12.8 Å². The molecule has 1 N–H and O–H groups in total. The van der Waals surface area contributed by atoms with Crippen molar-refractivity contribution in [1.82, 2.24) is 4.90 Å². The number of likely N-dealkylation sites (N-methyl/N-ethyl adjacent to an activating group) is 1. The van der Waals surface area contributed by atoms with Gasteiger partial charge in [-0.2, -0.15) is 0 Å². The van der Waals surface area contributed by atoms with E-state index in [4.69, 9.17) is 0 Å². The Morgan fingerprint density at radius 3 is 2.68 bits per heavy atom. The van der Waals surface area contributed by atoms with E-state index in [2.05, 4.69) is 4.90 Å². The highest BCUT2D eigenvalue weighted by atomic mass is 19.1. The van der Waals surface area contributed by atoms with Gasteiger partial charge in [0.05, 0.1) is 17.5 Å². The highest BCUT2D eigenvalue weighted by Crippen LogP contribution is 2.32. The number of β-amino-alcohol motifs (C(OH)–C–C–N with tert-alkyl or cyclic N) is 1. The average molecular weight is 307 g/mol. The highest BCUT2D eigenvalue weighted by Gasteiger charge is 2.26. The first-order valence-electron chi connectivity index (χ1n) is 7.76. The van der Waals surface area contributed by atoms with Crippen LogP contribution in [0.15, 0.2) is 18.2 Å². The molecule has 1 aromatic rings. The van der Waals surface area contributed by atoms with E-state index in [0.717, 1.165) is 37.4 Å². The van der Waals surface area contributed by atoms with Crippen LogP contribution < -0.4 is 9.80 Å². The van der Waals surface area contributed by atoms with E-state index in [-0.39, 0.29) is 11.7 Å². The normalized spacial score (nSPS) is 19.6. The summed E-state index contributed by atoms with van der Waals surface area (Å²) in [5.41, 5.74) is 1.78. The molecule has 22 heavy (non-hydrogen) atoms. The average Bonchev–Trinajstić information content (AvgIpc) is 2.87. The van der Waals surface area contributed by atoms with Crippen LogP contribution in [0.2, 0.25) is 0 Å². The van der Waals surface area contributed by atoms with Crippen LogP contribution in [0.4, 0.5) is 15.8 Å². The lowest BCUT2D eigenvalue weighted by atomic mass is 10.1. The van der Waals surface area contributed by atoms with Crippen molar-refractivity contribution in [3.05, 3.63) is 24.0 Å². The van der Waals surface area contributed by atoms with Gasteiger partial charge >= 0.3 is 0 Å². The Hall–Kier alpha value is -1.82. The van der Waals surface area contributed by atoms with E-state index >= 15 is 0 Å². The van der Waals surface area contributed by atoms with Gasteiger partial charge in [-0.3, -0.25) is 4.79 Å². The molecule has 0 spiro atoms. The summed E-state index contributed by atoms with van der Waals surface area (Å²) in [6, 6.07) is 4.73. The molecule has 0 saturated carbocycles. The Morgan fingerprint density at radius 2 is 1.95 bits per heavy atom. The zero-order valence-corrected chi connectivity index (χ0v) is 12.8. The van der Waals surface area contributed by atoms with Gasteiger partial charge in [0.15, 0.2) is 0 Å². The predicted octanol–water partition coefficient (Wildman–Crippen LogP) is 1.07. The first-order chi connectivity index (χ1) is 10.5. The Bertz CT molecular complexity index is 566. The molecular weight excluding hydrogens is 285 g/mol. The molecule has 1 fully saturated rings. The number of aliphatic hydroxyl groups excluding tert-OH is 1. The number of anilines is 2. The molecule has 1 amide bonds. The molecule has 5 nitrogen and oxygen atoms in total. The van der Waals surface area contributed by atoms with Crippen LogP contribution in [0.3, 0.4) is 0 Å². The molecule has 2 aliphatic rings. The van der Waals surface area contributed by atoms with Crippen molar-refractivity contribution in [2.24, 2.45) is 0 Å². The van der Waals surface area contributed by atoms with Crippen molar-refractivity contribution in [2.45, 2.75) is 18.9 Å². The van der Waals surface area contributed by atoms with Gasteiger partial charge in [0, 0.05) is 46.2 Å². The summed E-state index contributed by atoms with van der Waals surface area (Å²) in [6.07, 6.45) is 0.870. The van der Waals surface area contributed by atoms with Crippen molar-refractivity contribution in [3.63, 3.8) is 0 Å². The van der Waals surface area contributed by atoms with Crippen LogP contribution in [0, 0.1) is 5.82 Å². The van der Waals surface area contributed by atoms with Gasteiger partial charge in [-0.1, -0.05) is 0 Å². The fraction of sp³-hybridized carbons (Fsp3) is 0.562. The number of nitrogens with zero attached hydrogens (tertiary/aromatic N) is 3. The molecule has 0 aliphatic carbocycles. The van der Waals surface area contributed by atoms with E-state index in [1.165, 1.54) is 12.1 Å². The van der Waals surface area contributed by atoms with E-state index in [0.29, 0.717) is 19.5 Å². The molecule has 1 atom stereocenters. The van der Waals surface area contributed by atoms with Crippen LogP contribution in [0.5, 0.6) is 0 Å². The van der Waals surface area contributed by atoms with Crippen LogP contribution in [-0.2, 0) is 4.79 Å². The molecule has 0 aromatic heterocycles. The molecule has 0 radical (unpaired) electrons. The third-order valence-electron chi connectivity index (χ3n) is 4.43. The van der Waals surface area contributed by atoms with Crippen LogP contribution in [0.25, 0.3) is 0 Å². The second-order valence-electron chi connectivity index (χ2n) is 6.10. The number of fused-ring (bicyclic) bond motifs is 1. The summed E-state index contributed by atoms with van der Waals surface area (Å²) < 4.78 is 13.4. The van der Waals surface area contributed by atoms with Crippen molar-refractivity contribution >= 4 is 17.3 Å². The monoisotopic (exact) mass is 307 g/mol. The van der Waals surface area contributed by atoms with Crippen LogP contribution in [-0.4, -0.2) is 61.8 Å². The van der Waals surface area contributed by atoms with Crippen molar-refractivity contribution in [3.8, 4) is 0 Å². The van der Waals surface area contributed by atoms with Gasteiger partial charge in [0.25, 0.3) is 0 Å². The quantitative estimate of drug-likeness (QED) is 0.904. The van der Waals surface area contributed by atoms with Gasteiger partial charge in [-0.25, -0.2) is 4.39 Å². The summed E-state index contributed by atoms with van der Waals surface area (Å²) in [7, 11) is 1.94. The molecule has 120 valence electrons. The maximum absolute atomic E-state index is 13.4. The zero-order chi connectivity index (χ0) is 15.7. The standard InChI is InChI=1S/C16H22FN3O2/c1-18-7-8-19(14-5-4-12(17)9-15(14)18)10-13(21)11-20-6-2-3-16(20)22/h4-5,9,13,21H,2-3,6-8,10-11H2,1H3. The van der Waals surface area contributed by atoms with E-state index in [1.54, 1.807) is 11.0 Å². The minimum Gasteiger partial charge on any atom is -0.389 e. The molecule has 3 rings (SSSR count). The third kappa shape index (κ3) is 3.02. The Kier molecular flexibility index (Phi) is 4.20. The van der Waals surface area contributed by atoms with Gasteiger partial charge in [0.1, 0.15) is 5.82 Å². The molecule has 2 aliphatic heterocycles. The lowest BCUT2D eigenvalue weighted by Crippen LogP contribution is -2.45. The number of amides is 1. The summed E-state index contributed by atoms with van der Waals surface area (Å²) in [4.78, 5) is 17.5. The summed E-state index contributed by atoms with van der Waals surface area (Å²) in [5, 5.41) is 10.3. The number of hydrogen-bond acceptors (Lipinski definition) is 4. The number of halogens is 1. The molecular formula is C16H22FN3O2. The summed E-state index contributed by atoms with van der Waals surface area (Å²) >= 11 is 0. The number of likely N-dealkylation sites (tertiary alicyclic amines) is 1. The van der Waals surface area contributed by atoms with Gasteiger partial charge in [0.2, 0.25) is 5.91 Å². The SMILES string of the molecule is CN1CCN(CC(O)CN2CCCC2=O)c2ccc(F)cc21. The molecule has 1 unspecified atom stereocenters. The van der Waals surface area contributed by atoms with Gasteiger partial charge in [-0.05, 0) is 24.6 Å². The second kappa shape index (κ2) is 6.12. The van der Waals surface area contributed by atoms with Crippen molar-refractivity contribution in [1.29, 1.82) is 0 Å². The fourth-order valence-corrected chi connectivity index (χ4v) is 3.23. The van der Waals surface area contributed by atoms with Gasteiger partial charge in [-0.15, -0.1) is 0 Å². The third-order valence-corrected chi connectivity index (χ3v) is 4.43. The molecule has 2 heterocycles. The first kappa shape index (κ1) is 15.1. The van der Waals surface area contributed by atoms with Crippen molar-refractivity contribution < 1.29 is 14.3 Å². The minimum atomic E-state index is -0.594. The number of hydrogen-bond donors (Lipinski definition) is 1. The largest absolute Gasteiger partial charge is 0.389 e. The molecule has 1 saturated heterocycles. The number of benzene rings is 1. The maximum Gasteiger partial charge on any atom is 0.222 e. The van der Waals surface area contributed by atoms with E-state index in [1.807, 2.05) is 11.9 Å². The van der Waals surface area contributed by atoms with Gasteiger partial charge < -0.3 is 19.8 Å². The summed E-state index contributed by atoms with van der Waals surface area (Å²) in [6.45, 7) is 3.13.